The lowest BCUT2D eigenvalue weighted by atomic mass is 10.4. The first-order chi connectivity index (χ1) is 10.1. The Morgan fingerprint density at radius 3 is 2.57 bits per heavy atom. The Balaban J connectivity index is 2.46. The third kappa shape index (κ3) is 3.05. The number of nitrogens with one attached hydrogen (secondary N) is 1. The smallest absolute Gasteiger partial charge is 0.257 e. The molecule has 2 aromatic rings. The third-order valence-corrected chi connectivity index (χ3v) is 2.86. The first-order valence-electron chi connectivity index (χ1n) is 6.41. The number of primary amides is 1. The molecule has 10 heteroatoms. The lowest BCUT2D eigenvalue weighted by Gasteiger charge is -2.19. The van der Waals surface area contributed by atoms with Gasteiger partial charge in [-0.05, 0) is 13.8 Å². The highest BCUT2D eigenvalue weighted by atomic mass is 16.1. The van der Waals surface area contributed by atoms with E-state index in [1.807, 2.05) is 18.7 Å². The van der Waals surface area contributed by atoms with Crippen LogP contribution in [0.3, 0.4) is 0 Å². The summed E-state index contributed by atoms with van der Waals surface area (Å²) in [6, 6.07) is 0. The molecule has 0 atom stereocenters. The molecule has 10 nitrogen and oxygen atoms in total. The van der Waals surface area contributed by atoms with Gasteiger partial charge < -0.3 is 10.6 Å². The van der Waals surface area contributed by atoms with Gasteiger partial charge >= 0.3 is 0 Å². The van der Waals surface area contributed by atoms with Gasteiger partial charge in [0.05, 0.1) is 11.8 Å². The number of nitrogen functional groups attached to an aromatic ring is 1. The zero-order chi connectivity index (χ0) is 15.4. The van der Waals surface area contributed by atoms with E-state index in [1.165, 1.54) is 17.1 Å². The van der Waals surface area contributed by atoms with Gasteiger partial charge in [-0.1, -0.05) is 0 Å². The lowest BCUT2D eigenvalue weighted by molar-refractivity contribution is 0.100. The monoisotopic (exact) mass is 291 g/mol. The van der Waals surface area contributed by atoms with E-state index in [0.29, 0.717) is 5.95 Å². The molecule has 0 aliphatic rings. The van der Waals surface area contributed by atoms with Crippen LogP contribution >= 0.6 is 0 Å². The van der Waals surface area contributed by atoms with Crippen molar-refractivity contribution in [1.29, 1.82) is 0 Å². The Labute approximate surface area is 121 Å². The van der Waals surface area contributed by atoms with Crippen molar-refractivity contribution in [2.45, 2.75) is 13.8 Å². The fraction of sp³-hybridized carbons (Fsp3) is 0.364. The molecule has 0 aromatic carbocycles. The molecule has 2 aromatic heterocycles. The Morgan fingerprint density at radius 1 is 1.33 bits per heavy atom. The van der Waals surface area contributed by atoms with Gasteiger partial charge in [-0.2, -0.15) is 20.1 Å². The normalized spacial score (nSPS) is 10.4. The summed E-state index contributed by atoms with van der Waals surface area (Å²) in [5, 5.41) is 4.01. The number of rotatable bonds is 6. The summed E-state index contributed by atoms with van der Waals surface area (Å²) in [6.45, 7) is 5.44. The van der Waals surface area contributed by atoms with Crippen LogP contribution in [0.2, 0.25) is 0 Å². The summed E-state index contributed by atoms with van der Waals surface area (Å²) in [7, 11) is 0. The number of carbonyl (C=O) groups is 1. The molecule has 0 bridgehead atoms. The van der Waals surface area contributed by atoms with Crippen molar-refractivity contribution < 1.29 is 4.79 Å². The minimum absolute atomic E-state index is 0.207. The van der Waals surface area contributed by atoms with Crippen LogP contribution in [0.25, 0.3) is 5.95 Å². The summed E-state index contributed by atoms with van der Waals surface area (Å²) in [4.78, 5) is 25.7. The van der Waals surface area contributed by atoms with Crippen LogP contribution < -0.4 is 21.9 Å². The molecular formula is C11H17N9O. The molecular weight excluding hydrogens is 274 g/mol. The fourth-order valence-electron chi connectivity index (χ4n) is 1.73. The maximum atomic E-state index is 11.1. The summed E-state index contributed by atoms with van der Waals surface area (Å²) >= 11 is 0. The van der Waals surface area contributed by atoms with Gasteiger partial charge in [0.25, 0.3) is 11.9 Å². The first kappa shape index (κ1) is 14.7. The van der Waals surface area contributed by atoms with Crippen molar-refractivity contribution in [3.8, 4) is 5.95 Å². The second-order valence-corrected chi connectivity index (χ2v) is 4.11. The van der Waals surface area contributed by atoms with Crippen molar-refractivity contribution in [1.82, 2.24) is 24.7 Å². The van der Waals surface area contributed by atoms with E-state index in [9.17, 15) is 4.79 Å². The van der Waals surface area contributed by atoms with Crippen LogP contribution in [0.15, 0.2) is 12.4 Å². The van der Waals surface area contributed by atoms with Gasteiger partial charge in [-0.15, -0.1) is 0 Å². The minimum atomic E-state index is -0.573. The quantitative estimate of drug-likeness (QED) is 0.468. The largest absolute Gasteiger partial charge is 0.366 e. The second-order valence-electron chi connectivity index (χ2n) is 4.11. The third-order valence-electron chi connectivity index (χ3n) is 2.86. The number of carbonyl (C=O) groups excluding carboxylic acids is 1. The molecule has 0 aliphatic carbocycles. The van der Waals surface area contributed by atoms with E-state index in [4.69, 9.17) is 11.6 Å². The van der Waals surface area contributed by atoms with E-state index in [-0.39, 0.29) is 17.5 Å². The van der Waals surface area contributed by atoms with Gasteiger partial charge in [0, 0.05) is 19.3 Å². The first-order valence-corrected chi connectivity index (χ1v) is 6.41. The molecule has 112 valence electrons. The maximum absolute atomic E-state index is 11.1. The molecule has 1 amide bonds. The molecule has 0 aliphatic heterocycles. The van der Waals surface area contributed by atoms with E-state index in [2.05, 4.69) is 25.5 Å². The van der Waals surface area contributed by atoms with Crippen LogP contribution in [-0.4, -0.2) is 43.7 Å². The molecule has 2 rings (SSSR count). The molecule has 21 heavy (non-hydrogen) atoms. The van der Waals surface area contributed by atoms with E-state index in [0.717, 1.165) is 13.1 Å². The van der Waals surface area contributed by atoms with Crippen LogP contribution in [0.1, 0.15) is 24.2 Å². The van der Waals surface area contributed by atoms with Crippen molar-refractivity contribution in [2.24, 2.45) is 11.6 Å². The average Bonchev–Trinajstić information content (AvgIpc) is 2.98. The molecule has 0 unspecified atom stereocenters. The molecule has 0 spiro atoms. The average molecular weight is 291 g/mol. The highest BCUT2D eigenvalue weighted by Gasteiger charge is 2.13. The number of amides is 1. The van der Waals surface area contributed by atoms with Crippen LogP contribution in [0.5, 0.6) is 0 Å². The lowest BCUT2D eigenvalue weighted by Crippen LogP contribution is -2.26. The number of hydrogen-bond acceptors (Lipinski definition) is 8. The Hall–Kier alpha value is -2.75. The maximum Gasteiger partial charge on any atom is 0.257 e. The standard InChI is InChI=1S/C11H17N9O/c1-3-19(4-2)10-15-9(18-13)16-11(17-10)20-6-7(5-14-20)8(12)21/h5-6H,3-4,13H2,1-2H3,(H2,12,21)(H,15,16,17,18). The SMILES string of the molecule is CCN(CC)c1nc(NN)nc(-n2cc(C(N)=O)cn2)n1. The number of hydrazine groups is 1. The molecule has 0 saturated heterocycles. The Kier molecular flexibility index (Phi) is 4.28. The Morgan fingerprint density at radius 2 is 2.05 bits per heavy atom. The highest BCUT2D eigenvalue weighted by molar-refractivity contribution is 5.92. The van der Waals surface area contributed by atoms with Crippen molar-refractivity contribution >= 4 is 17.8 Å². The van der Waals surface area contributed by atoms with Crippen LogP contribution in [0, 0.1) is 0 Å². The number of hydrogen-bond donors (Lipinski definition) is 3. The van der Waals surface area contributed by atoms with Gasteiger partial charge in [0.1, 0.15) is 0 Å². The topological polar surface area (TPSA) is 141 Å². The molecule has 5 N–H and O–H groups in total. The predicted molar refractivity (Wildman–Crippen MR) is 76.8 cm³/mol. The summed E-state index contributed by atoms with van der Waals surface area (Å²) < 4.78 is 1.34. The number of aromatic nitrogens is 5. The fourth-order valence-corrected chi connectivity index (χ4v) is 1.73. The predicted octanol–water partition coefficient (Wildman–Crippen LogP) is -0.712. The van der Waals surface area contributed by atoms with Crippen LogP contribution in [-0.2, 0) is 0 Å². The molecule has 0 saturated carbocycles. The van der Waals surface area contributed by atoms with Crippen molar-refractivity contribution in [3.05, 3.63) is 18.0 Å². The summed E-state index contributed by atoms with van der Waals surface area (Å²) in [5.41, 5.74) is 7.85. The second kappa shape index (κ2) is 6.13. The zero-order valence-electron chi connectivity index (χ0n) is 11.8. The van der Waals surface area contributed by atoms with Gasteiger partial charge in [0.2, 0.25) is 11.9 Å². The van der Waals surface area contributed by atoms with E-state index >= 15 is 0 Å². The van der Waals surface area contributed by atoms with E-state index < -0.39 is 5.91 Å². The van der Waals surface area contributed by atoms with Gasteiger partial charge in [-0.25, -0.2) is 10.5 Å². The van der Waals surface area contributed by atoms with Crippen molar-refractivity contribution in [2.75, 3.05) is 23.4 Å². The number of anilines is 2. The Bertz CT molecular complexity index is 634. The zero-order valence-corrected chi connectivity index (χ0v) is 11.8. The molecule has 2 heterocycles. The summed E-state index contributed by atoms with van der Waals surface area (Å²) in [6.07, 6.45) is 2.79. The minimum Gasteiger partial charge on any atom is -0.366 e. The highest BCUT2D eigenvalue weighted by Crippen LogP contribution is 2.12. The molecule has 0 radical (unpaired) electrons. The number of nitrogens with zero attached hydrogens (tertiary/aromatic N) is 6. The van der Waals surface area contributed by atoms with Crippen LogP contribution in [0.4, 0.5) is 11.9 Å². The van der Waals surface area contributed by atoms with Gasteiger partial charge in [-0.3, -0.25) is 10.2 Å². The van der Waals surface area contributed by atoms with Gasteiger partial charge in [0.15, 0.2) is 0 Å². The molecule has 0 fully saturated rings. The van der Waals surface area contributed by atoms with E-state index in [1.54, 1.807) is 0 Å². The number of nitrogens with two attached hydrogens (primary N) is 2. The summed E-state index contributed by atoms with van der Waals surface area (Å²) in [5.74, 6) is 5.72. The van der Waals surface area contributed by atoms with Crippen molar-refractivity contribution in [3.63, 3.8) is 0 Å².